The first-order valence-corrected chi connectivity index (χ1v) is 9.16. The highest BCUT2D eigenvalue weighted by atomic mass is 16.5. The van der Waals surface area contributed by atoms with Crippen molar-refractivity contribution in [3.05, 3.63) is 42.2 Å². The summed E-state index contributed by atoms with van der Waals surface area (Å²) >= 11 is 0. The monoisotopic (exact) mass is 369 g/mol. The Bertz CT molecular complexity index is 795. The number of nitrogens with one attached hydrogen (secondary N) is 1. The van der Waals surface area contributed by atoms with Crippen LogP contribution in [0.5, 0.6) is 5.75 Å². The molecule has 1 amide bonds. The number of hydrogen-bond acceptors (Lipinski definition) is 6. The number of carbonyl (C=O) groups is 1. The van der Waals surface area contributed by atoms with E-state index >= 15 is 0 Å². The quantitative estimate of drug-likeness (QED) is 0.892. The van der Waals surface area contributed by atoms with E-state index in [9.17, 15) is 4.79 Å². The molecule has 7 nitrogen and oxygen atoms in total. The molecule has 1 saturated heterocycles. The Morgan fingerprint density at radius 1 is 1.07 bits per heavy atom. The summed E-state index contributed by atoms with van der Waals surface area (Å²) in [5, 5.41) is 2.94. The third-order valence-corrected chi connectivity index (χ3v) is 4.35. The van der Waals surface area contributed by atoms with Gasteiger partial charge >= 0.3 is 0 Å². The minimum absolute atomic E-state index is 0.182. The van der Waals surface area contributed by atoms with Gasteiger partial charge in [-0.05, 0) is 39.0 Å². The predicted octanol–water partition coefficient (Wildman–Crippen LogP) is 2.34. The van der Waals surface area contributed by atoms with Crippen molar-refractivity contribution in [3.63, 3.8) is 0 Å². The van der Waals surface area contributed by atoms with Gasteiger partial charge in [0, 0.05) is 37.9 Å². The number of para-hydroxylation sites is 2. The van der Waals surface area contributed by atoms with Crippen molar-refractivity contribution >= 4 is 17.5 Å². The second-order valence-corrected chi connectivity index (χ2v) is 7.59. The molecule has 2 heterocycles. The summed E-state index contributed by atoms with van der Waals surface area (Å²) in [7, 11) is 1.69. The number of piperazine rings is 1. The fraction of sp³-hybridized carbons (Fsp3) is 0.450. The lowest BCUT2D eigenvalue weighted by molar-refractivity contribution is 0.0914. The van der Waals surface area contributed by atoms with Gasteiger partial charge in [0.25, 0.3) is 5.91 Å². The lowest BCUT2D eigenvalue weighted by atomic mass is 10.1. The topological polar surface area (TPSA) is 70.6 Å². The molecular weight excluding hydrogens is 342 g/mol. The highest BCUT2D eigenvalue weighted by Crippen LogP contribution is 2.28. The van der Waals surface area contributed by atoms with Crippen LogP contribution in [0.25, 0.3) is 0 Å². The molecule has 0 radical (unpaired) electrons. The van der Waals surface area contributed by atoms with Gasteiger partial charge in [0.15, 0.2) is 0 Å². The smallest absolute Gasteiger partial charge is 0.270 e. The second kappa shape index (κ2) is 7.82. The first-order chi connectivity index (χ1) is 12.9. The Morgan fingerprint density at radius 2 is 1.74 bits per heavy atom. The lowest BCUT2D eigenvalue weighted by Crippen LogP contribution is -2.47. The van der Waals surface area contributed by atoms with Gasteiger partial charge in [0.1, 0.15) is 11.4 Å². The summed E-state index contributed by atoms with van der Waals surface area (Å²) in [5.74, 6) is 1.29. The molecule has 0 aliphatic carbocycles. The molecule has 0 bridgehead atoms. The van der Waals surface area contributed by atoms with E-state index in [0.717, 1.165) is 37.6 Å². The number of carbonyl (C=O) groups excluding carboxylic acids is 1. The molecule has 3 rings (SSSR count). The highest BCUT2D eigenvalue weighted by Gasteiger charge is 2.22. The Morgan fingerprint density at radius 3 is 2.41 bits per heavy atom. The van der Waals surface area contributed by atoms with Gasteiger partial charge in [-0.15, -0.1) is 0 Å². The van der Waals surface area contributed by atoms with Gasteiger partial charge in [-0.2, -0.15) is 0 Å². The van der Waals surface area contributed by atoms with Gasteiger partial charge in [0.2, 0.25) is 5.95 Å². The highest BCUT2D eigenvalue weighted by molar-refractivity contribution is 5.92. The first kappa shape index (κ1) is 18.9. The standard InChI is InChI=1S/C20H27N5O2/c1-20(2,3)23-18(26)15-9-10-21-19(22-15)25-13-11-24(12-14-25)16-7-5-6-8-17(16)27-4/h5-10H,11-14H2,1-4H3,(H,23,26). The molecule has 2 aromatic rings. The normalized spacial score (nSPS) is 14.8. The minimum atomic E-state index is -0.303. The third kappa shape index (κ3) is 4.67. The van der Waals surface area contributed by atoms with Crippen LogP contribution < -0.4 is 19.9 Å². The molecule has 1 aromatic heterocycles. The van der Waals surface area contributed by atoms with Gasteiger partial charge in [0.05, 0.1) is 12.8 Å². The van der Waals surface area contributed by atoms with Crippen molar-refractivity contribution in [2.45, 2.75) is 26.3 Å². The molecule has 144 valence electrons. The number of hydrogen-bond donors (Lipinski definition) is 1. The number of rotatable bonds is 4. The fourth-order valence-corrected chi connectivity index (χ4v) is 3.07. The van der Waals surface area contributed by atoms with Crippen LogP contribution in [0.1, 0.15) is 31.3 Å². The maximum atomic E-state index is 12.4. The van der Waals surface area contributed by atoms with Crippen molar-refractivity contribution in [3.8, 4) is 5.75 Å². The fourth-order valence-electron chi connectivity index (χ4n) is 3.07. The van der Waals surface area contributed by atoms with E-state index in [1.165, 1.54) is 0 Å². The number of anilines is 2. The molecule has 0 spiro atoms. The van der Waals surface area contributed by atoms with Gasteiger partial charge in [-0.3, -0.25) is 4.79 Å². The van der Waals surface area contributed by atoms with Gasteiger partial charge in [-0.1, -0.05) is 12.1 Å². The second-order valence-electron chi connectivity index (χ2n) is 7.59. The van der Waals surface area contributed by atoms with Crippen molar-refractivity contribution in [2.24, 2.45) is 0 Å². The zero-order valence-corrected chi connectivity index (χ0v) is 16.4. The average Bonchev–Trinajstić information content (AvgIpc) is 2.67. The van der Waals surface area contributed by atoms with Crippen molar-refractivity contribution in [2.75, 3.05) is 43.1 Å². The third-order valence-electron chi connectivity index (χ3n) is 4.35. The Kier molecular flexibility index (Phi) is 5.48. The largest absolute Gasteiger partial charge is 0.495 e. The van der Waals surface area contributed by atoms with Crippen molar-refractivity contribution in [1.82, 2.24) is 15.3 Å². The molecular formula is C20H27N5O2. The molecule has 0 atom stereocenters. The number of amides is 1. The molecule has 27 heavy (non-hydrogen) atoms. The Balaban J connectivity index is 1.68. The number of benzene rings is 1. The van der Waals surface area contributed by atoms with Gasteiger partial charge in [-0.25, -0.2) is 9.97 Å². The van der Waals surface area contributed by atoms with Crippen LogP contribution in [0.4, 0.5) is 11.6 Å². The predicted molar refractivity (Wildman–Crippen MR) is 107 cm³/mol. The summed E-state index contributed by atoms with van der Waals surface area (Å²) in [6.07, 6.45) is 1.65. The molecule has 1 aliphatic heterocycles. The van der Waals surface area contributed by atoms with E-state index in [0.29, 0.717) is 11.6 Å². The molecule has 1 fully saturated rings. The van der Waals surface area contributed by atoms with E-state index < -0.39 is 0 Å². The lowest BCUT2D eigenvalue weighted by Gasteiger charge is -2.36. The van der Waals surface area contributed by atoms with E-state index in [-0.39, 0.29) is 11.4 Å². The van der Waals surface area contributed by atoms with Crippen LogP contribution >= 0.6 is 0 Å². The number of nitrogens with zero attached hydrogens (tertiary/aromatic N) is 4. The molecule has 7 heteroatoms. The average molecular weight is 369 g/mol. The minimum Gasteiger partial charge on any atom is -0.495 e. The van der Waals surface area contributed by atoms with Crippen LogP contribution in [0, 0.1) is 0 Å². The zero-order valence-electron chi connectivity index (χ0n) is 16.4. The van der Waals surface area contributed by atoms with Crippen molar-refractivity contribution < 1.29 is 9.53 Å². The molecule has 0 saturated carbocycles. The van der Waals surface area contributed by atoms with E-state index in [1.54, 1.807) is 19.4 Å². The molecule has 1 N–H and O–H groups in total. The van der Waals surface area contributed by atoms with Crippen LogP contribution in [-0.2, 0) is 0 Å². The van der Waals surface area contributed by atoms with Crippen LogP contribution in [0.3, 0.4) is 0 Å². The maximum absolute atomic E-state index is 12.4. The number of aromatic nitrogens is 2. The molecule has 1 aliphatic rings. The van der Waals surface area contributed by atoms with Crippen molar-refractivity contribution in [1.29, 1.82) is 0 Å². The molecule has 0 unspecified atom stereocenters. The van der Waals surface area contributed by atoms with E-state index in [4.69, 9.17) is 4.74 Å². The first-order valence-electron chi connectivity index (χ1n) is 9.16. The summed E-state index contributed by atoms with van der Waals surface area (Å²) in [4.78, 5) is 25.6. The SMILES string of the molecule is COc1ccccc1N1CCN(c2nccc(C(=O)NC(C)(C)C)n2)CC1. The summed E-state index contributed by atoms with van der Waals surface area (Å²) < 4.78 is 5.47. The summed E-state index contributed by atoms with van der Waals surface area (Å²) in [6.45, 7) is 9.08. The summed E-state index contributed by atoms with van der Waals surface area (Å²) in [6, 6.07) is 9.69. The van der Waals surface area contributed by atoms with Crippen LogP contribution in [0.2, 0.25) is 0 Å². The number of methoxy groups -OCH3 is 1. The van der Waals surface area contributed by atoms with Gasteiger partial charge < -0.3 is 19.9 Å². The number of ether oxygens (including phenoxy) is 1. The van der Waals surface area contributed by atoms with Crippen LogP contribution in [0.15, 0.2) is 36.5 Å². The maximum Gasteiger partial charge on any atom is 0.270 e. The zero-order chi connectivity index (χ0) is 19.4. The molecule has 1 aromatic carbocycles. The van der Waals surface area contributed by atoms with E-state index in [1.807, 2.05) is 39.0 Å². The summed E-state index contributed by atoms with van der Waals surface area (Å²) in [5.41, 5.74) is 1.18. The Labute approximate surface area is 160 Å². The van der Waals surface area contributed by atoms with E-state index in [2.05, 4.69) is 31.2 Å². The van der Waals surface area contributed by atoms with Crippen LogP contribution in [-0.4, -0.2) is 54.7 Å². The Hall–Kier alpha value is -2.83.